The lowest BCUT2D eigenvalue weighted by Gasteiger charge is -2.32. The molecule has 2 aromatic rings. The van der Waals surface area contributed by atoms with E-state index in [1.54, 1.807) is 29.3 Å². The monoisotopic (exact) mass is 513 g/mol. The Morgan fingerprint density at radius 1 is 1.20 bits per heavy atom. The molecule has 0 saturated carbocycles. The van der Waals surface area contributed by atoms with Gasteiger partial charge in [0.05, 0.1) is 10.5 Å². The summed E-state index contributed by atoms with van der Waals surface area (Å²) in [6.45, 7) is 3.88. The lowest BCUT2D eigenvalue weighted by Crippen LogP contribution is -2.40. The quantitative estimate of drug-likeness (QED) is 0.311. The third kappa shape index (κ3) is 5.59. The summed E-state index contributed by atoms with van der Waals surface area (Å²) in [6, 6.07) is 5.38. The van der Waals surface area contributed by atoms with Crippen LogP contribution in [0.15, 0.2) is 34.1 Å². The minimum atomic E-state index is -0.296. The molecule has 4 heterocycles. The number of thioether (sulfide) groups is 1. The first-order valence-electron chi connectivity index (χ1n) is 12.2. The molecule has 8 nitrogen and oxygen atoms in total. The van der Waals surface area contributed by atoms with Gasteiger partial charge in [-0.15, -0.1) is 0 Å². The molecule has 0 bridgehead atoms. The van der Waals surface area contributed by atoms with Crippen LogP contribution in [0.4, 0.5) is 5.82 Å². The van der Waals surface area contributed by atoms with Crippen LogP contribution in [0.2, 0.25) is 0 Å². The molecule has 0 spiro atoms. The first kappa shape index (κ1) is 25.4. The van der Waals surface area contributed by atoms with Crippen molar-refractivity contribution in [3.63, 3.8) is 0 Å². The smallest absolute Gasteiger partial charge is 0.267 e. The van der Waals surface area contributed by atoms with E-state index in [4.69, 9.17) is 22.9 Å². The maximum Gasteiger partial charge on any atom is 0.267 e. The summed E-state index contributed by atoms with van der Waals surface area (Å²) in [4.78, 5) is 47.2. The molecule has 2 aliphatic heterocycles. The van der Waals surface area contributed by atoms with E-state index in [1.807, 2.05) is 11.0 Å². The Kier molecular flexibility index (Phi) is 8.22. The third-order valence-corrected chi connectivity index (χ3v) is 7.96. The fourth-order valence-electron chi connectivity index (χ4n) is 4.53. The van der Waals surface area contributed by atoms with Gasteiger partial charge in [-0.05, 0) is 37.5 Å². The highest BCUT2D eigenvalue weighted by atomic mass is 32.2. The second-order valence-electron chi connectivity index (χ2n) is 8.99. The largest absolute Gasteiger partial charge is 0.369 e. The van der Waals surface area contributed by atoms with E-state index < -0.39 is 0 Å². The van der Waals surface area contributed by atoms with Gasteiger partial charge in [0.15, 0.2) is 0 Å². The third-order valence-electron chi connectivity index (χ3n) is 6.58. The molecule has 0 radical (unpaired) electrons. The van der Waals surface area contributed by atoms with E-state index in [-0.39, 0.29) is 23.3 Å². The number of piperidine rings is 1. The second kappa shape index (κ2) is 11.3. The molecule has 10 heteroatoms. The number of rotatable bonds is 9. The second-order valence-corrected chi connectivity index (χ2v) is 10.7. The molecule has 2 N–H and O–H groups in total. The van der Waals surface area contributed by atoms with Crippen LogP contribution in [-0.4, -0.2) is 50.1 Å². The average molecular weight is 514 g/mol. The molecule has 2 aliphatic rings. The Bertz CT molecular complexity index is 1220. The maximum atomic E-state index is 13.5. The number of aromatic nitrogens is 2. The summed E-state index contributed by atoms with van der Waals surface area (Å²) < 4.78 is 2.01. The number of hydrogen-bond donors (Lipinski definition) is 1. The van der Waals surface area contributed by atoms with Gasteiger partial charge in [-0.25, -0.2) is 4.98 Å². The number of pyridine rings is 1. The van der Waals surface area contributed by atoms with Crippen LogP contribution < -0.4 is 16.2 Å². The Hall–Kier alpha value is -2.72. The standard InChI is InChI=1S/C25H31N5O3S2/c1-2-3-4-5-7-13-30-24(33)19(35-25(30)34)16-18-22(28-14-10-17(11-15-28)21(26)31)27-20-9-6-8-12-29(20)23(18)32/h6,8-9,12,16-17H,2-5,7,10-11,13-15H2,1H3,(H2,26,31)/b19-16+. The molecular weight excluding hydrogens is 482 g/mol. The molecule has 2 fully saturated rings. The van der Waals surface area contributed by atoms with Crippen molar-refractivity contribution in [1.82, 2.24) is 14.3 Å². The van der Waals surface area contributed by atoms with Crippen molar-refractivity contribution >= 4 is 57.7 Å². The highest BCUT2D eigenvalue weighted by molar-refractivity contribution is 8.26. The lowest BCUT2D eigenvalue weighted by atomic mass is 9.96. The molecule has 0 aromatic carbocycles. The number of unbranched alkanes of at least 4 members (excludes halogenated alkanes) is 4. The van der Waals surface area contributed by atoms with E-state index in [2.05, 4.69) is 6.92 Å². The highest BCUT2D eigenvalue weighted by Gasteiger charge is 2.33. The van der Waals surface area contributed by atoms with Crippen molar-refractivity contribution in [3.8, 4) is 0 Å². The number of carbonyl (C=O) groups excluding carboxylic acids is 2. The number of hydrogen-bond acceptors (Lipinski definition) is 7. The summed E-state index contributed by atoms with van der Waals surface area (Å²) in [6.07, 6.45) is 9.99. The number of thiocarbonyl (C=S) groups is 1. The van der Waals surface area contributed by atoms with Gasteiger partial charge in [0.1, 0.15) is 15.8 Å². The molecule has 2 aromatic heterocycles. The fraction of sp³-hybridized carbons (Fsp3) is 0.480. The van der Waals surface area contributed by atoms with Crippen LogP contribution in [0.5, 0.6) is 0 Å². The van der Waals surface area contributed by atoms with Crippen LogP contribution in [0, 0.1) is 5.92 Å². The molecule has 2 saturated heterocycles. The van der Waals surface area contributed by atoms with Crippen LogP contribution in [0.3, 0.4) is 0 Å². The summed E-state index contributed by atoms with van der Waals surface area (Å²) in [5, 5.41) is 0. The average Bonchev–Trinajstić information content (AvgIpc) is 3.12. The van der Waals surface area contributed by atoms with Crippen molar-refractivity contribution in [2.75, 3.05) is 24.5 Å². The van der Waals surface area contributed by atoms with Gasteiger partial charge >= 0.3 is 0 Å². The first-order chi connectivity index (χ1) is 16.9. The summed E-state index contributed by atoms with van der Waals surface area (Å²) >= 11 is 6.72. The zero-order valence-electron chi connectivity index (χ0n) is 19.9. The van der Waals surface area contributed by atoms with E-state index in [0.717, 1.165) is 19.3 Å². The normalized spacial score (nSPS) is 18.3. The van der Waals surface area contributed by atoms with Crippen molar-refractivity contribution in [3.05, 3.63) is 45.2 Å². The summed E-state index contributed by atoms with van der Waals surface area (Å²) in [7, 11) is 0. The van der Waals surface area contributed by atoms with Gasteiger partial charge in [-0.2, -0.15) is 0 Å². The Morgan fingerprint density at radius 3 is 2.66 bits per heavy atom. The Labute approximate surface area is 214 Å². The molecule has 2 amide bonds. The molecule has 4 rings (SSSR count). The van der Waals surface area contributed by atoms with Gasteiger partial charge in [0, 0.05) is 31.7 Å². The molecule has 0 unspecified atom stereocenters. The van der Waals surface area contributed by atoms with Crippen molar-refractivity contribution in [2.24, 2.45) is 11.7 Å². The highest BCUT2D eigenvalue weighted by Crippen LogP contribution is 2.34. The molecular formula is C25H31N5O3S2. The molecule has 35 heavy (non-hydrogen) atoms. The van der Waals surface area contributed by atoms with E-state index in [0.29, 0.717) is 58.7 Å². The minimum absolute atomic E-state index is 0.161. The van der Waals surface area contributed by atoms with Gasteiger partial charge < -0.3 is 10.6 Å². The number of anilines is 1. The number of primary amides is 1. The number of fused-ring (bicyclic) bond motifs is 1. The van der Waals surface area contributed by atoms with Crippen molar-refractivity contribution in [1.29, 1.82) is 0 Å². The van der Waals surface area contributed by atoms with Crippen LogP contribution >= 0.6 is 24.0 Å². The topological polar surface area (TPSA) is 101 Å². The number of carbonyl (C=O) groups is 2. The van der Waals surface area contributed by atoms with Gasteiger partial charge in [0.25, 0.3) is 11.5 Å². The number of nitrogens with two attached hydrogens (primary N) is 1. The lowest BCUT2D eigenvalue weighted by molar-refractivity contribution is -0.123. The van der Waals surface area contributed by atoms with Gasteiger partial charge in [0.2, 0.25) is 5.91 Å². The number of amides is 2. The summed E-state index contributed by atoms with van der Waals surface area (Å²) in [5.74, 6) is -0.111. The van der Waals surface area contributed by atoms with Gasteiger partial charge in [-0.3, -0.25) is 23.7 Å². The summed E-state index contributed by atoms with van der Waals surface area (Å²) in [5.41, 5.74) is 6.14. The van der Waals surface area contributed by atoms with Gasteiger partial charge in [-0.1, -0.05) is 62.7 Å². The Balaban J connectivity index is 1.64. The molecule has 0 aliphatic carbocycles. The van der Waals surface area contributed by atoms with E-state index in [1.165, 1.54) is 29.0 Å². The minimum Gasteiger partial charge on any atom is -0.369 e. The first-order valence-corrected chi connectivity index (χ1v) is 13.4. The maximum absolute atomic E-state index is 13.5. The van der Waals surface area contributed by atoms with Crippen LogP contribution in [0.25, 0.3) is 11.7 Å². The molecule has 186 valence electrons. The zero-order chi connectivity index (χ0) is 24.9. The fourth-order valence-corrected chi connectivity index (χ4v) is 5.82. The zero-order valence-corrected chi connectivity index (χ0v) is 21.6. The van der Waals surface area contributed by atoms with Crippen LogP contribution in [0.1, 0.15) is 57.4 Å². The predicted molar refractivity (Wildman–Crippen MR) is 144 cm³/mol. The van der Waals surface area contributed by atoms with E-state index in [9.17, 15) is 14.4 Å². The van der Waals surface area contributed by atoms with Crippen molar-refractivity contribution < 1.29 is 9.59 Å². The van der Waals surface area contributed by atoms with E-state index >= 15 is 0 Å². The van der Waals surface area contributed by atoms with Crippen molar-refractivity contribution in [2.45, 2.75) is 51.9 Å². The SMILES string of the molecule is CCCCCCCN1C(=O)/C(=C\c2c(N3CCC(C(N)=O)CC3)nc3ccccn3c2=O)SC1=S. The predicted octanol–water partition coefficient (Wildman–Crippen LogP) is 3.57. The number of nitrogens with zero attached hydrogens (tertiary/aromatic N) is 4. The van der Waals surface area contributed by atoms with Crippen LogP contribution in [-0.2, 0) is 9.59 Å². The Morgan fingerprint density at radius 2 is 1.94 bits per heavy atom. The molecule has 0 atom stereocenters.